The number of carbonyl (C=O) groups is 1. The van der Waals surface area contributed by atoms with Crippen LogP contribution >= 0.6 is 11.6 Å². The van der Waals surface area contributed by atoms with E-state index >= 15 is 0 Å². The normalized spacial score (nSPS) is 10.3. The molecule has 0 aliphatic heterocycles. The molecule has 0 saturated carbocycles. The van der Waals surface area contributed by atoms with Gasteiger partial charge < -0.3 is 11.1 Å². The Morgan fingerprint density at radius 3 is 2.74 bits per heavy atom. The fraction of sp³-hybridized carbons (Fsp3) is 0. The maximum atomic E-state index is 13.3. The zero-order chi connectivity index (χ0) is 14.0. The third-order valence-corrected chi connectivity index (χ3v) is 2.61. The summed E-state index contributed by atoms with van der Waals surface area (Å²) in [5, 5.41) is 2.32. The van der Waals surface area contributed by atoms with Gasteiger partial charge in [0, 0.05) is 12.3 Å². The quantitative estimate of drug-likeness (QED) is 0.890. The molecule has 0 radical (unpaired) electrons. The molecule has 0 atom stereocenters. The van der Waals surface area contributed by atoms with Crippen molar-refractivity contribution in [2.45, 2.75) is 0 Å². The number of anilines is 2. The van der Waals surface area contributed by atoms with Gasteiger partial charge in [-0.15, -0.1) is 0 Å². The molecule has 2 aromatic rings. The van der Waals surface area contributed by atoms with Crippen LogP contribution in [0.4, 0.5) is 20.3 Å². The van der Waals surface area contributed by atoms with Gasteiger partial charge in [-0.1, -0.05) is 11.6 Å². The summed E-state index contributed by atoms with van der Waals surface area (Å²) in [6, 6.07) is 4.03. The Hall–Kier alpha value is -2.21. The summed E-state index contributed by atoms with van der Waals surface area (Å²) in [4.78, 5) is 15.5. The van der Waals surface area contributed by atoms with E-state index < -0.39 is 17.5 Å². The third kappa shape index (κ3) is 2.97. The maximum absolute atomic E-state index is 13.3. The van der Waals surface area contributed by atoms with Gasteiger partial charge >= 0.3 is 0 Å². The predicted octanol–water partition coefficient (Wildman–Crippen LogP) is 2.85. The largest absolute Gasteiger partial charge is 0.382 e. The molecule has 0 spiro atoms. The summed E-state index contributed by atoms with van der Waals surface area (Å²) < 4.78 is 26.3. The van der Waals surface area contributed by atoms with E-state index in [0.29, 0.717) is 0 Å². The molecule has 0 saturated heterocycles. The molecule has 3 N–H and O–H groups in total. The van der Waals surface area contributed by atoms with Crippen LogP contribution in [0.25, 0.3) is 0 Å². The summed E-state index contributed by atoms with van der Waals surface area (Å²) in [7, 11) is 0. The number of amides is 1. The van der Waals surface area contributed by atoms with E-state index in [4.69, 9.17) is 17.3 Å². The molecule has 1 aromatic heterocycles. The number of pyridine rings is 1. The first kappa shape index (κ1) is 13.2. The summed E-state index contributed by atoms with van der Waals surface area (Å²) in [6.45, 7) is 0. The predicted molar refractivity (Wildman–Crippen MR) is 68.0 cm³/mol. The smallest absolute Gasteiger partial charge is 0.257 e. The topological polar surface area (TPSA) is 68.0 Å². The first-order valence-corrected chi connectivity index (χ1v) is 5.52. The minimum Gasteiger partial charge on any atom is -0.382 e. The highest BCUT2D eigenvalue weighted by atomic mass is 35.5. The van der Waals surface area contributed by atoms with E-state index in [2.05, 4.69) is 10.3 Å². The average molecular weight is 284 g/mol. The van der Waals surface area contributed by atoms with Gasteiger partial charge in [0.1, 0.15) is 17.5 Å². The van der Waals surface area contributed by atoms with Crippen LogP contribution in [0, 0.1) is 11.6 Å². The van der Waals surface area contributed by atoms with Gasteiger partial charge in [-0.05, 0) is 18.2 Å². The average Bonchev–Trinajstić information content (AvgIpc) is 2.37. The van der Waals surface area contributed by atoms with Crippen molar-refractivity contribution in [3.8, 4) is 0 Å². The van der Waals surface area contributed by atoms with Gasteiger partial charge in [0.2, 0.25) is 0 Å². The van der Waals surface area contributed by atoms with Crippen LogP contribution in [0.2, 0.25) is 5.02 Å². The number of nitrogens with one attached hydrogen (secondary N) is 1. The molecular formula is C12H8ClF2N3O. The SMILES string of the molecule is Nc1ncc(C(=O)Nc2cc(F)ccc2F)cc1Cl. The Balaban J connectivity index is 2.25. The molecule has 0 aliphatic carbocycles. The lowest BCUT2D eigenvalue weighted by Crippen LogP contribution is -2.14. The number of hydrogen-bond donors (Lipinski definition) is 2. The molecule has 2 rings (SSSR count). The molecular weight excluding hydrogens is 276 g/mol. The second-order valence-electron chi connectivity index (χ2n) is 3.67. The minimum absolute atomic E-state index is 0.0788. The number of rotatable bonds is 2. The fourth-order valence-corrected chi connectivity index (χ4v) is 1.53. The second kappa shape index (κ2) is 5.19. The molecule has 7 heteroatoms. The van der Waals surface area contributed by atoms with Crippen molar-refractivity contribution >= 4 is 29.0 Å². The van der Waals surface area contributed by atoms with Gasteiger partial charge in [0.15, 0.2) is 0 Å². The second-order valence-corrected chi connectivity index (χ2v) is 4.08. The number of aromatic nitrogens is 1. The summed E-state index contributed by atoms with van der Waals surface area (Å²) in [6.07, 6.45) is 1.19. The molecule has 4 nitrogen and oxygen atoms in total. The van der Waals surface area contributed by atoms with E-state index in [1.54, 1.807) is 0 Å². The Morgan fingerprint density at radius 2 is 2.05 bits per heavy atom. The Bertz CT molecular complexity index is 649. The molecule has 1 aromatic carbocycles. The van der Waals surface area contributed by atoms with Gasteiger partial charge in [0.05, 0.1) is 16.3 Å². The Labute approximate surface area is 112 Å². The van der Waals surface area contributed by atoms with Gasteiger partial charge in [-0.3, -0.25) is 4.79 Å². The molecule has 98 valence electrons. The molecule has 1 amide bonds. The van der Waals surface area contributed by atoms with Crippen molar-refractivity contribution in [3.05, 3.63) is 52.7 Å². The molecule has 0 fully saturated rings. The van der Waals surface area contributed by atoms with Crippen molar-refractivity contribution < 1.29 is 13.6 Å². The standard InChI is InChI=1S/C12H8ClF2N3O/c13-8-3-6(5-17-11(8)16)12(19)18-10-4-7(14)1-2-9(10)15/h1-5H,(H2,16,17)(H,18,19). The monoisotopic (exact) mass is 283 g/mol. The highest BCUT2D eigenvalue weighted by Crippen LogP contribution is 2.19. The van der Waals surface area contributed by atoms with Crippen LogP contribution in [0.1, 0.15) is 10.4 Å². The van der Waals surface area contributed by atoms with Crippen LogP contribution in [0.5, 0.6) is 0 Å². The van der Waals surface area contributed by atoms with E-state index in [1.165, 1.54) is 12.3 Å². The molecule has 1 heterocycles. The minimum atomic E-state index is -0.746. The van der Waals surface area contributed by atoms with Crippen molar-refractivity contribution in [3.63, 3.8) is 0 Å². The molecule has 0 aliphatic rings. The summed E-state index contributed by atoms with van der Waals surface area (Å²) >= 11 is 5.72. The lowest BCUT2D eigenvalue weighted by molar-refractivity contribution is 0.102. The zero-order valence-electron chi connectivity index (χ0n) is 9.45. The highest BCUT2D eigenvalue weighted by Gasteiger charge is 2.12. The molecule has 0 bridgehead atoms. The van der Waals surface area contributed by atoms with E-state index in [1.807, 2.05) is 0 Å². The highest BCUT2D eigenvalue weighted by molar-refractivity contribution is 6.33. The van der Waals surface area contributed by atoms with E-state index in [-0.39, 0.29) is 22.1 Å². The maximum Gasteiger partial charge on any atom is 0.257 e. The molecule has 19 heavy (non-hydrogen) atoms. The first-order valence-electron chi connectivity index (χ1n) is 5.15. The van der Waals surface area contributed by atoms with Crippen LogP contribution in [0.3, 0.4) is 0 Å². The van der Waals surface area contributed by atoms with E-state index in [9.17, 15) is 13.6 Å². The fourth-order valence-electron chi connectivity index (χ4n) is 1.36. The number of benzene rings is 1. The number of hydrogen-bond acceptors (Lipinski definition) is 3. The lowest BCUT2D eigenvalue weighted by atomic mass is 10.2. The summed E-state index contributed by atoms with van der Waals surface area (Å²) in [5.74, 6) is -2.00. The van der Waals surface area contributed by atoms with Crippen LogP contribution in [-0.2, 0) is 0 Å². The van der Waals surface area contributed by atoms with Gasteiger partial charge in [-0.2, -0.15) is 0 Å². The Kier molecular flexibility index (Phi) is 3.62. The molecule has 0 unspecified atom stereocenters. The number of carbonyl (C=O) groups excluding carboxylic acids is 1. The lowest BCUT2D eigenvalue weighted by Gasteiger charge is -2.07. The first-order chi connectivity index (χ1) is 8.97. The van der Waals surface area contributed by atoms with Crippen molar-refractivity contribution in [2.75, 3.05) is 11.1 Å². The van der Waals surface area contributed by atoms with Gasteiger partial charge in [0.25, 0.3) is 5.91 Å². The van der Waals surface area contributed by atoms with Crippen molar-refractivity contribution in [2.24, 2.45) is 0 Å². The van der Waals surface area contributed by atoms with E-state index in [0.717, 1.165) is 18.2 Å². The van der Waals surface area contributed by atoms with Crippen LogP contribution < -0.4 is 11.1 Å². The van der Waals surface area contributed by atoms with Crippen molar-refractivity contribution in [1.82, 2.24) is 4.98 Å². The number of nitrogens with zero attached hydrogens (tertiary/aromatic N) is 1. The zero-order valence-corrected chi connectivity index (χ0v) is 10.2. The van der Waals surface area contributed by atoms with Crippen LogP contribution in [-0.4, -0.2) is 10.9 Å². The number of halogens is 3. The number of nitrogens with two attached hydrogens (primary N) is 1. The third-order valence-electron chi connectivity index (χ3n) is 2.31. The van der Waals surface area contributed by atoms with Crippen LogP contribution in [0.15, 0.2) is 30.5 Å². The Morgan fingerprint density at radius 1 is 1.32 bits per heavy atom. The number of nitrogen functional groups attached to an aromatic ring is 1. The van der Waals surface area contributed by atoms with Crippen molar-refractivity contribution in [1.29, 1.82) is 0 Å². The van der Waals surface area contributed by atoms with Gasteiger partial charge in [-0.25, -0.2) is 13.8 Å². The summed E-state index contributed by atoms with van der Waals surface area (Å²) in [5.41, 5.74) is 5.22.